The maximum absolute atomic E-state index is 13.2. The number of allylic oxidation sites excluding steroid dienone is 4. The number of carboxylic acids is 1. The van der Waals surface area contributed by atoms with Gasteiger partial charge in [-0.05, 0) is 53.5 Å². The molecular weight excluding hydrogens is 524 g/mol. The standard InChI is InChI=1S/C32H29ClN4O3/c1-3-8-28(22-9-5-4-6-10-22)37-31(38)24-12-13-25(27(19-24)32(39)40)21(2)26(11-7-16-33)30-35-20-29(36-30)23-14-17-34-18-15-23/h4-7,9-20,28H,2-3,8H2,1H3,(H,35,36)(H,37,38)(H,39,40)/b16-7-,26-11+/t28-/m1/s1. The molecular formula is C32H29ClN4O3. The Balaban J connectivity index is 1.66. The van der Waals surface area contributed by atoms with Crippen molar-refractivity contribution in [2.45, 2.75) is 25.8 Å². The normalized spacial score (nSPS) is 12.3. The first-order valence-electron chi connectivity index (χ1n) is 12.8. The minimum absolute atomic E-state index is 0.0499. The van der Waals surface area contributed by atoms with E-state index in [1.165, 1.54) is 11.6 Å². The van der Waals surface area contributed by atoms with Gasteiger partial charge in [-0.1, -0.05) is 74.0 Å². The molecule has 0 fully saturated rings. The predicted octanol–water partition coefficient (Wildman–Crippen LogP) is 7.29. The topological polar surface area (TPSA) is 108 Å². The van der Waals surface area contributed by atoms with Gasteiger partial charge in [-0.3, -0.25) is 9.78 Å². The van der Waals surface area contributed by atoms with Gasteiger partial charge in [0, 0.05) is 34.6 Å². The summed E-state index contributed by atoms with van der Waals surface area (Å²) >= 11 is 5.80. The summed E-state index contributed by atoms with van der Waals surface area (Å²) in [5, 5.41) is 13.1. The number of rotatable bonds is 11. The average molecular weight is 553 g/mol. The fourth-order valence-corrected chi connectivity index (χ4v) is 4.47. The Labute approximate surface area is 238 Å². The van der Waals surface area contributed by atoms with Gasteiger partial charge in [0.15, 0.2) is 0 Å². The molecule has 3 N–H and O–H groups in total. The number of aromatic nitrogens is 3. The lowest BCUT2D eigenvalue weighted by Gasteiger charge is -2.19. The second-order valence-corrected chi connectivity index (χ2v) is 9.30. The smallest absolute Gasteiger partial charge is 0.336 e. The van der Waals surface area contributed by atoms with Gasteiger partial charge in [-0.2, -0.15) is 0 Å². The van der Waals surface area contributed by atoms with E-state index in [1.54, 1.807) is 42.9 Å². The molecule has 202 valence electrons. The van der Waals surface area contributed by atoms with Gasteiger partial charge in [0.25, 0.3) is 5.91 Å². The highest BCUT2D eigenvalue weighted by Crippen LogP contribution is 2.32. The number of imidazole rings is 1. The van der Waals surface area contributed by atoms with Gasteiger partial charge >= 0.3 is 5.97 Å². The molecule has 0 aliphatic carbocycles. The van der Waals surface area contributed by atoms with Crippen LogP contribution in [-0.4, -0.2) is 31.9 Å². The average Bonchev–Trinajstić information content (AvgIpc) is 3.47. The Morgan fingerprint density at radius 1 is 1.10 bits per heavy atom. The number of pyridine rings is 1. The first-order valence-corrected chi connectivity index (χ1v) is 13.2. The maximum Gasteiger partial charge on any atom is 0.336 e. The molecule has 0 spiro atoms. The summed E-state index contributed by atoms with van der Waals surface area (Å²) in [6.45, 7) is 6.24. The number of amides is 1. The molecule has 40 heavy (non-hydrogen) atoms. The van der Waals surface area contributed by atoms with Crippen LogP contribution >= 0.6 is 11.6 Å². The number of hydrogen-bond donors (Lipinski definition) is 3. The zero-order valence-corrected chi connectivity index (χ0v) is 22.7. The van der Waals surface area contributed by atoms with Crippen LogP contribution < -0.4 is 5.32 Å². The van der Waals surface area contributed by atoms with Crippen molar-refractivity contribution in [3.05, 3.63) is 132 Å². The van der Waals surface area contributed by atoms with E-state index in [-0.39, 0.29) is 23.1 Å². The van der Waals surface area contributed by atoms with Crippen molar-refractivity contribution in [2.75, 3.05) is 0 Å². The van der Waals surface area contributed by atoms with Crippen molar-refractivity contribution in [3.63, 3.8) is 0 Å². The van der Waals surface area contributed by atoms with Crippen LogP contribution in [0, 0.1) is 0 Å². The number of carbonyl (C=O) groups excluding carboxylic acids is 1. The summed E-state index contributed by atoms with van der Waals surface area (Å²) in [5.41, 5.74) is 5.49. The molecule has 0 unspecified atom stereocenters. The van der Waals surface area contributed by atoms with Crippen molar-refractivity contribution in [1.82, 2.24) is 20.3 Å². The lowest BCUT2D eigenvalue weighted by Crippen LogP contribution is -2.28. The van der Waals surface area contributed by atoms with Crippen LogP contribution in [-0.2, 0) is 0 Å². The van der Waals surface area contributed by atoms with Crippen LogP contribution in [0.2, 0.25) is 0 Å². The zero-order valence-electron chi connectivity index (χ0n) is 22.0. The Kier molecular flexibility index (Phi) is 9.44. The van der Waals surface area contributed by atoms with E-state index in [4.69, 9.17) is 11.6 Å². The largest absolute Gasteiger partial charge is 0.478 e. The van der Waals surface area contributed by atoms with Crippen molar-refractivity contribution in [2.24, 2.45) is 0 Å². The molecule has 2 aromatic carbocycles. The van der Waals surface area contributed by atoms with E-state index in [9.17, 15) is 14.7 Å². The Morgan fingerprint density at radius 3 is 2.52 bits per heavy atom. The number of nitrogens with zero attached hydrogens (tertiary/aromatic N) is 2. The van der Waals surface area contributed by atoms with Crippen molar-refractivity contribution < 1.29 is 14.7 Å². The third-order valence-electron chi connectivity index (χ3n) is 6.40. The second kappa shape index (κ2) is 13.4. The SMILES string of the molecule is C=C(/C(=C\C=C/Cl)c1ncc(-c2ccncc2)[nH]1)c1ccc(C(=O)N[C@H](CCC)c2ccccc2)cc1C(=O)O. The molecule has 0 saturated carbocycles. The molecule has 8 heteroatoms. The fourth-order valence-electron chi connectivity index (χ4n) is 4.40. The maximum atomic E-state index is 13.2. The van der Waals surface area contributed by atoms with Crippen LogP contribution in [0.4, 0.5) is 0 Å². The van der Waals surface area contributed by atoms with Crippen molar-refractivity contribution in [3.8, 4) is 11.3 Å². The van der Waals surface area contributed by atoms with E-state index in [0.717, 1.165) is 29.7 Å². The first-order chi connectivity index (χ1) is 19.4. The summed E-state index contributed by atoms with van der Waals surface area (Å²) in [5.74, 6) is -1.05. The number of nitrogens with one attached hydrogen (secondary N) is 2. The molecule has 7 nitrogen and oxygen atoms in total. The highest BCUT2D eigenvalue weighted by Gasteiger charge is 2.21. The molecule has 0 radical (unpaired) electrons. The molecule has 0 saturated heterocycles. The van der Waals surface area contributed by atoms with E-state index >= 15 is 0 Å². The minimum Gasteiger partial charge on any atom is -0.478 e. The summed E-state index contributed by atoms with van der Waals surface area (Å²) in [6, 6.07) is 17.8. The minimum atomic E-state index is -1.18. The van der Waals surface area contributed by atoms with Crippen molar-refractivity contribution in [1.29, 1.82) is 0 Å². The van der Waals surface area contributed by atoms with Gasteiger partial charge in [-0.25, -0.2) is 9.78 Å². The summed E-state index contributed by atoms with van der Waals surface area (Å²) in [7, 11) is 0. The fraction of sp³-hybridized carbons (Fsp3) is 0.125. The Morgan fingerprint density at radius 2 is 1.85 bits per heavy atom. The van der Waals surface area contributed by atoms with Crippen LogP contribution in [0.5, 0.6) is 0 Å². The summed E-state index contributed by atoms with van der Waals surface area (Å²) in [4.78, 5) is 37.4. The summed E-state index contributed by atoms with van der Waals surface area (Å²) in [6.07, 6.45) is 9.99. The molecule has 4 aromatic rings. The van der Waals surface area contributed by atoms with E-state index in [1.807, 2.05) is 42.5 Å². The molecule has 1 atom stereocenters. The number of benzene rings is 2. The predicted molar refractivity (Wildman–Crippen MR) is 159 cm³/mol. The van der Waals surface area contributed by atoms with Gasteiger partial charge in [-0.15, -0.1) is 0 Å². The van der Waals surface area contributed by atoms with Crippen molar-refractivity contribution >= 4 is 34.6 Å². The number of aromatic carboxylic acids is 1. The monoisotopic (exact) mass is 552 g/mol. The van der Waals surface area contributed by atoms with Crippen LogP contribution in [0.3, 0.4) is 0 Å². The number of carbonyl (C=O) groups is 2. The zero-order chi connectivity index (χ0) is 28.5. The third kappa shape index (κ3) is 6.62. The van der Waals surface area contributed by atoms with Crippen LogP contribution in [0.1, 0.15) is 63.5 Å². The quantitative estimate of drug-likeness (QED) is 0.169. The first kappa shape index (κ1) is 28.3. The molecule has 0 aliphatic heterocycles. The van der Waals surface area contributed by atoms with Gasteiger partial charge < -0.3 is 15.4 Å². The molecule has 0 aliphatic rings. The molecule has 2 heterocycles. The molecule has 2 aromatic heterocycles. The number of carboxylic acid groups (broad SMARTS) is 1. The van der Waals surface area contributed by atoms with E-state index < -0.39 is 5.97 Å². The highest BCUT2D eigenvalue weighted by atomic mass is 35.5. The van der Waals surface area contributed by atoms with Crippen LogP contribution in [0.15, 0.2) is 104 Å². The number of halogens is 1. The second-order valence-electron chi connectivity index (χ2n) is 9.05. The van der Waals surface area contributed by atoms with E-state index in [0.29, 0.717) is 22.5 Å². The Hall–Kier alpha value is -4.75. The van der Waals surface area contributed by atoms with Gasteiger partial charge in [0.1, 0.15) is 5.82 Å². The Bertz CT molecular complexity index is 1560. The van der Waals surface area contributed by atoms with Crippen LogP contribution in [0.25, 0.3) is 22.4 Å². The number of hydrogen-bond acceptors (Lipinski definition) is 4. The molecule has 0 bridgehead atoms. The van der Waals surface area contributed by atoms with Gasteiger partial charge in [0.2, 0.25) is 0 Å². The lowest BCUT2D eigenvalue weighted by atomic mass is 9.92. The molecule has 1 amide bonds. The highest BCUT2D eigenvalue weighted by molar-refractivity contribution is 6.25. The lowest BCUT2D eigenvalue weighted by molar-refractivity contribution is 0.0696. The summed E-state index contributed by atoms with van der Waals surface area (Å²) < 4.78 is 0. The van der Waals surface area contributed by atoms with E-state index in [2.05, 4.69) is 33.8 Å². The third-order valence-corrected chi connectivity index (χ3v) is 6.55. The molecule has 4 rings (SSSR count). The van der Waals surface area contributed by atoms with Gasteiger partial charge in [0.05, 0.1) is 23.5 Å². The number of aromatic amines is 1. The number of H-pyrrole nitrogens is 1.